The molecule has 0 aliphatic carbocycles. The van der Waals surface area contributed by atoms with Gasteiger partial charge in [-0.2, -0.15) is 0 Å². The Hall–Kier alpha value is -2.40. The smallest absolute Gasteiger partial charge is 0.255 e. The van der Waals surface area contributed by atoms with Gasteiger partial charge in [-0.15, -0.1) is 0 Å². The van der Waals surface area contributed by atoms with Gasteiger partial charge in [0.05, 0.1) is 11.1 Å². The maximum absolute atomic E-state index is 12.7. The third-order valence-corrected chi connectivity index (χ3v) is 4.14. The lowest BCUT2D eigenvalue weighted by molar-refractivity contribution is 0.0755. The number of carbonyl (C=O) groups excluding carboxylic acids is 2. The van der Waals surface area contributed by atoms with Crippen molar-refractivity contribution in [2.45, 2.75) is 33.2 Å². The number of hydrogen-bond acceptors (Lipinski definition) is 3. The lowest BCUT2D eigenvalue weighted by atomic mass is 10.1. The molecule has 0 spiro atoms. The zero-order chi connectivity index (χ0) is 18.9. The quantitative estimate of drug-likeness (QED) is 0.762. The summed E-state index contributed by atoms with van der Waals surface area (Å²) in [5.41, 5.74) is 1.75. The van der Waals surface area contributed by atoms with E-state index in [0.29, 0.717) is 35.8 Å². The summed E-state index contributed by atoms with van der Waals surface area (Å²) in [6.45, 7) is 5.84. The SMILES string of the molecule is CCCN(CCC)C(=O)c1cncc(C(=O)NCc2ccc(Cl)cc2)c1. The fourth-order valence-corrected chi connectivity index (χ4v) is 2.73. The highest BCUT2D eigenvalue weighted by Gasteiger charge is 2.16. The van der Waals surface area contributed by atoms with Crippen LogP contribution in [0.15, 0.2) is 42.7 Å². The molecular formula is C20H24ClN3O2. The molecule has 5 nitrogen and oxygen atoms in total. The zero-order valence-electron chi connectivity index (χ0n) is 15.2. The molecule has 0 unspecified atom stereocenters. The molecule has 0 atom stereocenters. The lowest BCUT2D eigenvalue weighted by Crippen LogP contribution is -2.33. The molecule has 138 valence electrons. The number of amides is 2. The van der Waals surface area contributed by atoms with E-state index >= 15 is 0 Å². The number of pyridine rings is 1. The van der Waals surface area contributed by atoms with Gasteiger partial charge in [0.25, 0.3) is 11.8 Å². The molecule has 1 heterocycles. The van der Waals surface area contributed by atoms with Gasteiger partial charge in [0.1, 0.15) is 0 Å². The second-order valence-electron chi connectivity index (χ2n) is 6.06. The van der Waals surface area contributed by atoms with Gasteiger partial charge in [-0.3, -0.25) is 14.6 Å². The number of hydrogen-bond donors (Lipinski definition) is 1. The molecule has 0 radical (unpaired) electrons. The number of benzene rings is 1. The molecule has 0 fully saturated rings. The second-order valence-corrected chi connectivity index (χ2v) is 6.50. The van der Waals surface area contributed by atoms with Crippen molar-refractivity contribution in [2.24, 2.45) is 0 Å². The first-order chi connectivity index (χ1) is 12.5. The Morgan fingerprint density at radius 2 is 1.65 bits per heavy atom. The minimum absolute atomic E-state index is 0.0893. The molecule has 0 bridgehead atoms. The molecule has 1 aromatic heterocycles. The van der Waals surface area contributed by atoms with Crippen LogP contribution in [0, 0.1) is 0 Å². The Morgan fingerprint density at radius 1 is 1.04 bits per heavy atom. The van der Waals surface area contributed by atoms with Gasteiger partial charge in [-0.25, -0.2) is 0 Å². The zero-order valence-corrected chi connectivity index (χ0v) is 15.9. The van der Waals surface area contributed by atoms with Gasteiger partial charge < -0.3 is 10.2 Å². The fourth-order valence-electron chi connectivity index (χ4n) is 2.61. The lowest BCUT2D eigenvalue weighted by Gasteiger charge is -2.21. The molecule has 2 rings (SSSR count). The number of rotatable bonds is 8. The highest BCUT2D eigenvalue weighted by molar-refractivity contribution is 6.30. The standard InChI is InChI=1S/C20H24ClN3O2/c1-3-9-24(10-4-2)20(26)17-11-16(13-22-14-17)19(25)23-12-15-5-7-18(21)8-6-15/h5-8,11,13-14H,3-4,9-10,12H2,1-2H3,(H,23,25). The Balaban J connectivity index is 2.05. The molecule has 1 N–H and O–H groups in total. The first-order valence-electron chi connectivity index (χ1n) is 8.82. The van der Waals surface area contributed by atoms with Crippen LogP contribution in [0.1, 0.15) is 53.0 Å². The van der Waals surface area contributed by atoms with Crippen molar-refractivity contribution in [1.29, 1.82) is 0 Å². The van der Waals surface area contributed by atoms with E-state index in [0.717, 1.165) is 18.4 Å². The molecule has 2 aromatic rings. The summed E-state index contributed by atoms with van der Waals surface area (Å²) in [7, 11) is 0. The summed E-state index contributed by atoms with van der Waals surface area (Å²) < 4.78 is 0. The van der Waals surface area contributed by atoms with Gasteiger partial charge in [0.2, 0.25) is 0 Å². The van der Waals surface area contributed by atoms with E-state index in [9.17, 15) is 9.59 Å². The first-order valence-corrected chi connectivity index (χ1v) is 9.20. The highest BCUT2D eigenvalue weighted by atomic mass is 35.5. The highest BCUT2D eigenvalue weighted by Crippen LogP contribution is 2.11. The van der Waals surface area contributed by atoms with Crippen molar-refractivity contribution in [3.63, 3.8) is 0 Å². The Bertz CT molecular complexity index is 741. The molecular weight excluding hydrogens is 350 g/mol. The number of nitrogens with zero attached hydrogens (tertiary/aromatic N) is 2. The summed E-state index contributed by atoms with van der Waals surface area (Å²) in [6.07, 6.45) is 4.76. The van der Waals surface area contributed by atoms with E-state index in [1.54, 1.807) is 23.1 Å². The molecule has 0 saturated carbocycles. The van der Waals surface area contributed by atoms with Crippen LogP contribution < -0.4 is 5.32 Å². The van der Waals surface area contributed by atoms with Crippen LogP contribution in [0.5, 0.6) is 0 Å². The second kappa shape index (κ2) is 9.92. The van der Waals surface area contributed by atoms with E-state index < -0.39 is 0 Å². The summed E-state index contributed by atoms with van der Waals surface area (Å²) >= 11 is 5.86. The number of carbonyl (C=O) groups is 2. The minimum Gasteiger partial charge on any atom is -0.348 e. The minimum atomic E-state index is -0.264. The van der Waals surface area contributed by atoms with E-state index in [1.165, 1.54) is 12.4 Å². The van der Waals surface area contributed by atoms with E-state index in [-0.39, 0.29) is 11.8 Å². The summed E-state index contributed by atoms with van der Waals surface area (Å²) in [6, 6.07) is 8.87. The van der Waals surface area contributed by atoms with Crippen LogP contribution in [0.4, 0.5) is 0 Å². The molecule has 26 heavy (non-hydrogen) atoms. The van der Waals surface area contributed by atoms with Crippen LogP contribution in [0.2, 0.25) is 5.02 Å². The van der Waals surface area contributed by atoms with Gasteiger partial charge in [0, 0.05) is 37.1 Å². The normalized spacial score (nSPS) is 10.4. The maximum Gasteiger partial charge on any atom is 0.255 e. The first kappa shape index (κ1) is 19.9. The molecule has 1 aromatic carbocycles. The van der Waals surface area contributed by atoms with Crippen LogP contribution in [-0.4, -0.2) is 34.8 Å². The van der Waals surface area contributed by atoms with Crippen molar-refractivity contribution in [3.05, 3.63) is 64.4 Å². The van der Waals surface area contributed by atoms with Crippen molar-refractivity contribution < 1.29 is 9.59 Å². The number of halogens is 1. The van der Waals surface area contributed by atoms with Crippen molar-refractivity contribution in [3.8, 4) is 0 Å². The van der Waals surface area contributed by atoms with Gasteiger partial charge >= 0.3 is 0 Å². The summed E-state index contributed by atoms with van der Waals surface area (Å²) in [4.78, 5) is 30.9. The monoisotopic (exact) mass is 373 g/mol. The van der Waals surface area contributed by atoms with Gasteiger partial charge in [0.15, 0.2) is 0 Å². The average molecular weight is 374 g/mol. The van der Waals surface area contributed by atoms with Gasteiger partial charge in [-0.1, -0.05) is 37.6 Å². The predicted molar refractivity (Wildman–Crippen MR) is 103 cm³/mol. The van der Waals surface area contributed by atoms with Crippen molar-refractivity contribution >= 4 is 23.4 Å². The number of aromatic nitrogens is 1. The molecule has 2 amide bonds. The summed E-state index contributed by atoms with van der Waals surface area (Å²) in [5, 5.41) is 3.49. The van der Waals surface area contributed by atoms with E-state index in [4.69, 9.17) is 11.6 Å². The Morgan fingerprint density at radius 3 is 2.27 bits per heavy atom. The van der Waals surface area contributed by atoms with Crippen LogP contribution >= 0.6 is 11.6 Å². The molecule has 6 heteroatoms. The topological polar surface area (TPSA) is 62.3 Å². The number of nitrogens with one attached hydrogen (secondary N) is 1. The van der Waals surface area contributed by atoms with Crippen molar-refractivity contribution in [1.82, 2.24) is 15.2 Å². The van der Waals surface area contributed by atoms with E-state index in [1.807, 2.05) is 26.0 Å². The average Bonchev–Trinajstić information content (AvgIpc) is 2.66. The molecule has 0 aliphatic rings. The van der Waals surface area contributed by atoms with Gasteiger partial charge in [-0.05, 0) is 36.6 Å². The Kier molecular flexibility index (Phi) is 7.60. The van der Waals surface area contributed by atoms with Crippen LogP contribution in [0.25, 0.3) is 0 Å². The third kappa shape index (κ3) is 5.56. The van der Waals surface area contributed by atoms with E-state index in [2.05, 4.69) is 10.3 Å². The largest absolute Gasteiger partial charge is 0.348 e. The third-order valence-electron chi connectivity index (χ3n) is 3.89. The Labute approximate surface area is 159 Å². The van der Waals surface area contributed by atoms with Crippen molar-refractivity contribution in [2.75, 3.05) is 13.1 Å². The molecule has 0 saturated heterocycles. The predicted octanol–water partition coefficient (Wildman–Crippen LogP) is 3.93. The fraction of sp³-hybridized carbons (Fsp3) is 0.350. The summed E-state index contributed by atoms with van der Waals surface area (Å²) in [5.74, 6) is -0.354. The van der Waals surface area contributed by atoms with Crippen LogP contribution in [0.3, 0.4) is 0 Å². The molecule has 0 aliphatic heterocycles. The van der Waals surface area contributed by atoms with Crippen LogP contribution in [-0.2, 0) is 6.54 Å². The maximum atomic E-state index is 12.7.